The van der Waals surface area contributed by atoms with E-state index in [-0.39, 0.29) is 18.1 Å². The van der Waals surface area contributed by atoms with Crippen LogP contribution in [-0.2, 0) is 6.42 Å². The fraction of sp³-hybridized carbons (Fsp3) is 0.571. The maximum absolute atomic E-state index is 11.4. The van der Waals surface area contributed by atoms with Crippen LogP contribution in [0.4, 0.5) is 0 Å². The highest BCUT2D eigenvalue weighted by Gasteiger charge is 2.36. The van der Waals surface area contributed by atoms with Crippen LogP contribution in [0.3, 0.4) is 0 Å². The Kier molecular flexibility index (Phi) is 3.66. The summed E-state index contributed by atoms with van der Waals surface area (Å²) in [6.07, 6.45) is 0.826. The van der Waals surface area contributed by atoms with Crippen molar-refractivity contribution in [2.24, 2.45) is 0 Å². The molecule has 2 heterocycles. The zero-order valence-electron chi connectivity index (χ0n) is 12.3. The Hall–Kier alpha value is -1.54. The number of hydroxylamine groups is 2. The second-order valence-electron chi connectivity index (χ2n) is 5.43. The molecule has 1 aromatic rings. The number of likely N-dealkylation sites (N-methyl/N-ethyl adjacent to an activating group) is 1. The van der Waals surface area contributed by atoms with Crippen molar-refractivity contribution in [3.63, 3.8) is 0 Å². The molecule has 7 nitrogen and oxygen atoms in total. The summed E-state index contributed by atoms with van der Waals surface area (Å²) in [5.41, 5.74) is 1.95. The predicted molar refractivity (Wildman–Crippen MR) is 74.6 cm³/mol. The van der Waals surface area contributed by atoms with Crippen LogP contribution in [-0.4, -0.2) is 48.9 Å². The van der Waals surface area contributed by atoms with Crippen molar-refractivity contribution >= 4 is 0 Å². The third-order valence-corrected chi connectivity index (χ3v) is 4.26. The molecule has 1 aromatic carbocycles. The zero-order valence-corrected chi connectivity index (χ0v) is 12.3. The van der Waals surface area contributed by atoms with E-state index in [4.69, 9.17) is 14.2 Å². The van der Waals surface area contributed by atoms with E-state index in [0.717, 1.165) is 24.1 Å². The number of hydrogen-bond acceptors (Lipinski definition) is 7. The summed E-state index contributed by atoms with van der Waals surface area (Å²) in [5.74, 6) is 1.83. The second-order valence-corrected chi connectivity index (χ2v) is 5.43. The van der Waals surface area contributed by atoms with E-state index < -0.39 is 6.04 Å². The minimum absolute atomic E-state index is 0.000288. The number of benzene rings is 1. The lowest BCUT2D eigenvalue weighted by Crippen LogP contribution is -2.43. The highest BCUT2D eigenvalue weighted by molar-refractivity contribution is 5.62. The third kappa shape index (κ3) is 2.22. The van der Waals surface area contributed by atoms with Gasteiger partial charge in [0, 0.05) is 18.2 Å². The van der Waals surface area contributed by atoms with Crippen LogP contribution >= 0.6 is 0 Å². The molecule has 0 spiro atoms. The number of hydrogen-bond donors (Lipinski definition) is 1. The molecular formula is C14H19N2O5-. The van der Waals surface area contributed by atoms with Crippen molar-refractivity contribution in [1.82, 2.24) is 10.1 Å². The number of fused-ring (bicyclic) bond motifs is 2. The Labute approximate surface area is 123 Å². The molecule has 0 fully saturated rings. The summed E-state index contributed by atoms with van der Waals surface area (Å²) in [6.45, 7) is 2.64. The van der Waals surface area contributed by atoms with Gasteiger partial charge in [-0.3, -0.25) is 10.1 Å². The monoisotopic (exact) mass is 295 g/mol. The van der Waals surface area contributed by atoms with Crippen molar-refractivity contribution in [3.8, 4) is 17.2 Å². The van der Waals surface area contributed by atoms with Gasteiger partial charge in [-0.2, -0.15) is 0 Å². The Morgan fingerprint density at radius 3 is 2.95 bits per heavy atom. The minimum Gasteiger partial charge on any atom is -0.762 e. The molecule has 1 N–H and O–H groups in total. The van der Waals surface area contributed by atoms with Gasteiger partial charge in [-0.05, 0) is 32.0 Å². The van der Waals surface area contributed by atoms with E-state index in [0.29, 0.717) is 17.2 Å². The molecule has 21 heavy (non-hydrogen) atoms. The molecule has 0 unspecified atom stereocenters. The lowest BCUT2D eigenvalue weighted by atomic mass is 9.88. The Morgan fingerprint density at radius 1 is 1.52 bits per heavy atom. The number of methoxy groups -OCH3 is 1. The number of ether oxygens (including phenoxy) is 3. The second kappa shape index (κ2) is 5.34. The van der Waals surface area contributed by atoms with Crippen LogP contribution in [0.2, 0.25) is 0 Å². The van der Waals surface area contributed by atoms with Crippen molar-refractivity contribution in [2.45, 2.75) is 25.4 Å². The molecular weight excluding hydrogens is 276 g/mol. The molecule has 0 bridgehead atoms. The summed E-state index contributed by atoms with van der Waals surface area (Å²) in [5, 5.41) is 20.7. The highest BCUT2D eigenvalue weighted by Crippen LogP contribution is 2.50. The van der Waals surface area contributed by atoms with Crippen molar-refractivity contribution < 1.29 is 19.4 Å². The van der Waals surface area contributed by atoms with E-state index >= 15 is 0 Å². The number of rotatable bonds is 3. The van der Waals surface area contributed by atoms with Crippen LogP contribution < -0.4 is 14.2 Å². The van der Waals surface area contributed by atoms with Crippen LogP contribution in [0, 0.1) is 5.21 Å². The van der Waals surface area contributed by atoms with E-state index in [1.54, 1.807) is 14.0 Å². The van der Waals surface area contributed by atoms with E-state index in [1.165, 1.54) is 0 Å². The molecule has 116 valence electrons. The largest absolute Gasteiger partial charge is 0.762 e. The molecule has 0 aromatic heterocycles. The first kappa shape index (κ1) is 14.4. The Balaban J connectivity index is 2.16. The first-order valence-corrected chi connectivity index (χ1v) is 6.89. The lowest BCUT2D eigenvalue weighted by molar-refractivity contribution is -0.0976. The smallest absolute Gasteiger partial charge is 0.231 e. The maximum atomic E-state index is 11.4. The van der Waals surface area contributed by atoms with Gasteiger partial charge >= 0.3 is 0 Å². The Morgan fingerprint density at radius 2 is 2.29 bits per heavy atom. The maximum Gasteiger partial charge on any atom is 0.231 e. The molecule has 0 radical (unpaired) electrons. The highest BCUT2D eigenvalue weighted by atomic mass is 16.8. The molecule has 0 amide bonds. The van der Waals surface area contributed by atoms with Gasteiger partial charge in [0.15, 0.2) is 11.5 Å². The summed E-state index contributed by atoms with van der Waals surface area (Å²) in [4.78, 5) is 2.04. The normalized spacial score (nSPS) is 22.3. The van der Waals surface area contributed by atoms with E-state index in [9.17, 15) is 10.4 Å². The van der Waals surface area contributed by atoms with Gasteiger partial charge < -0.3 is 24.6 Å². The quantitative estimate of drug-likeness (QED) is 0.847. The standard InChI is InChI=1S/C14H19N2O5/c1-8(16(17)18)12-11-9(4-5-15(12)2)6-10-13(14(11)19-3)21-7-20-10/h6,8,12,17H,4-5,7H2,1-3H3/q-1/t8-,12+/m0/s1. The lowest BCUT2D eigenvalue weighted by Gasteiger charge is -2.43. The minimum atomic E-state index is -0.622. The molecule has 0 saturated carbocycles. The molecule has 0 saturated heterocycles. The van der Waals surface area contributed by atoms with Gasteiger partial charge in [0.05, 0.1) is 13.2 Å². The third-order valence-electron chi connectivity index (χ3n) is 4.26. The topological polar surface area (TPSA) is 77.5 Å². The van der Waals surface area contributed by atoms with Crippen molar-refractivity contribution in [2.75, 3.05) is 27.5 Å². The average Bonchev–Trinajstić information content (AvgIpc) is 2.92. The van der Waals surface area contributed by atoms with Gasteiger partial charge in [-0.15, -0.1) is 0 Å². The van der Waals surface area contributed by atoms with Crippen LogP contribution in [0.1, 0.15) is 24.1 Å². The van der Waals surface area contributed by atoms with Crippen LogP contribution in [0.25, 0.3) is 0 Å². The molecule has 2 atom stereocenters. The zero-order chi connectivity index (χ0) is 15.1. The summed E-state index contributed by atoms with van der Waals surface area (Å²) < 4.78 is 16.5. The van der Waals surface area contributed by atoms with E-state index in [2.05, 4.69) is 0 Å². The van der Waals surface area contributed by atoms with Crippen molar-refractivity contribution in [1.29, 1.82) is 0 Å². The van der Waals surface area contributed by atoms with E-state index in [1.807, 2.05) is 18.0 Å². The summed E-state index contributed by atoms with van der Waals surface area (Å²) in [7, 11) is 3.50. The van der Waals surface area contributed by atoms with Crippen LogP contribution in [0.5, 0.6) is 17.2 Å². The molecule has 2 aliphatic heterocycles. The molecule has 0 aliphatic carbocycles. The summed E-state index contributed by atoms with van der Waals surface area (Å²) >= 11 is 0. The number of nitrogens with zero attached hydrogens (tertiary/aromatic N) is 2. The SMILES string of the molecule is COc1c2c(cc3c1[C@@H]([C@H](C)N([O-])O)N(C)CC3)OCO2. The fourth-order valence-electron chi connectivity index (χ4n) is 3.20. The first-order chi connectivity index (χ1) is 10.0. The first-order valence-electron chi connectivity index (χ1n) is 6.89. The van der Waals surface area contributed by atoms with Crippen molar-refractivity contribution in [3.05, 3.63) is 22.4 Å². The molecule has 3 rings (SSSR count). The van der Waals surface area contributed by atoms with Crippen LogP contribution in [0.15, 0.2) is 6.07 Å². The molecule has 7 heteroatoms. The molecule has 2 aliphatic rings. The van der Waals surface area contributed by atoms with Gasteiger partial charge in [-0.25, -0.2) is 0 Å². The van der Waals surface area contributed by atoms with Gasteiger partial charge in [0.25, 0.3) is 0 Å². The predicted octanol–water partition coefficient (Wildman–Crippen LogP) is 1.53. The average molecular weight is 295 g/mol. The van der Waals surface area contributed by atoms with Gasteiger partial charge in [0.1, 0.15) is 0 Å². The Bertz CT molecular complexity index is 549. The summed E-state index contributed by atoms with van der Waals surface area (Å²) in [6, 6.07) is 1.04. The van der Waals surface area contributed by atoms with Gasteiger partial charge in [-0.1, -0.05) is 0 Å². The van der Waals surface area contributed by atoms with Gasteiger partial charge in [0.2, 0.25) is 12.5 Å². The fourth-order valence-corrected chi connectivity index (χ4v) is 3.20.